The molecule has 0 aromatic heterocycles. The van der Waals surface area contributed by atoms with Gasteiger partial charge >= 0.3 is 11.9 Å². The van der Waals surface area contributed by atoms with Crippen LogP contribution in [0.4, 0.5) is 5.69 Å². The molecular formula is C23H30N2O6. The number of ether oxygens (including phenoxy) is 2. The molecule has 3 rings (SSSR count). The van der Waals surface area contributed by atoms with Gasteiger partial charge in [-0.25, -0.2) is 9.59 Å². The number of hydrogen-bond acceptors (Lipinski definition) is 6. The van der Waals surface area contributed by atoms with Crippen LogP contribution in [-0.2, 0) is 16.1 Å². The van der Waals surface area contributed by atoms with E-state index in [0.717, 1.165) is 44.2 Å². The molecule has 0 aliphatic carbocycles. The topological polar surface area (TPSA) is 99.5 Å². The number of carboxylic acid groups (broad SMARTS) is 2. The van der Waals surface area contributed by atoms with Crippen LogP contribution in [0.1, 0.15) is 16.7 Å². The third kappa shape index (κ3) is 6.62. The maximum absolute atomic E-state index is 9.10. The summed E-state index contributed by atoms with van der Waals surface area (Å²) in [6, 6.07) is 12.8. The largest absolute Gasteiger partial charge is 0.493 e. The van der Waals surface area contributed by atoms with E-state index < -0.39 is 11.9 Å². The first-order chi connectivity index (χ1) is 14.8. The van der Waals surface area contributed by atoms with Crippen LogP contribution in [0.25, 0.3) is 0 Å². The highest BCUT2D eigenvalue weighted by Gasteiger charge is 2.19. The molecule has 1 heterocycles. The predicted molar refractivity (Wildman–Crippen MR) is 118 cm³/mol. The summed E-state index contributed by atoms with van der Waals surface area (Å²) in [4.78, 5) is 23.2. The van der Waals surface area contributed by atoms with Crippen molar-refractivity contribution in [3.63, 3.8) is 0 Å². The van der Waals surface area contributed by atoms with E-state index in [9.17, 15) is 0 Å². The number of hydrogen-bond donors (Lipinski definition) is 2. The number of carboxylic acids is 2. The molecule has 2 N–H and O–H groups in total. The Labute approximate surface area is 182 Å². The molecule has 31 heavy (non-hydrogen) atoms. The highest BCUT2D eigenvalue weighted by Crippen LogP contribution is 2.29. The lowest BCUT2D eigenvalue weighted by molar-refractivity contribution is -0.159. The van der Waals surface area contributed by atoms with E-state index in [1.54, 1.807) is 14.2 Å². The molecule has 8 heteroatoms. The van der Waals surface area contributed by atoms with Crippen molar-refractivity contribution < 1.29 is 29.3 Å². The van der Waals surface area contributed by atoms with Gasteiger partial charge in [-0.2, -0.15) is 0 Å². The number of aliphatic carboxylic acids is 2. The summed E-state index contributed by atoms with van der Waals surface area (Å²) in [6.45, 7) is 9.63. The Bertz CT molecular complexity index is 895. The van der Waals surface area contributed by atoms with Crippen molar-refractivity contribution in [3.8, 4) is 11.5 Å². The number of rotatable bonds is 5. The number of methoxy groups -OCH3 is 2. The van der Waals surface area contributed by atoms with Gasteiger partial charge in [0, 0.05) is 38.4 Å². The Morgan fingerprint density at radius 1 is 0.903 bits per heavy atom. The molecule has 0 radical (unpaired) electrons. The van der Waals surface area contributed by atoms with Crippen molar-refractivity contribution in [1.82, 2.24) is 4.90 Å². The summed E-state index contributed by atoms with van der Waals surface area (Å²) in [5.74, 6) is -2.06. The minimum Gasteiger partial charge on any atom is -0.493 e. The molecule has 1 fully saturated rings. The first-order valence-electron chi connectivity index (χ1n) is 9.97. The minimum absolute atomic E-state index is 0.783. The fraction of sp³-hybridized carbons (Fsp3) is 0.391. The maximum Gasteiger partial charge on any atom is 0.414 e. The Balaban J connectivity index is 0.000000501. The predicted octanol–water partition coefficient (Wildman–Crippen LogP) is 2.80. The van der Waals surface area contributed by atoms with E-state index in [0.29, 0.717) is 0 Å². The zero-order valence-electron chi connectivity index (χ0n) is 18.4. The Morgan fingerprint density at radius 3 is 2.06 bits per heavy atom. The molecule has 1 saturated heterocycles. The van der Waals surface area contributed by atoms with E-state index in [1.807, 2.05) is 6.07 Å². The number of benzene rings is 2. The molecule has 2 aromatic rings. The molecule has 8 nitrogen and oxygen atoms in total. The third-order valence-corrected chi connectivity index (χ3v) is 5.33. The zero-order valence-corrected chi connectivity index (χ0v) is 18.4. The van der Waals surface area contributed by atoms with Crippen molar-refractivity contribution in [2.45, 2.75) is 20.4 Å². The van der Waals surface area contributed by atoms with Gasteiger partial charge in [-0.15, -0.1) is 0 Å². The monoisotopic (exact) mass is 430 g/mol. The van der Waals surface area contributed by atoms with Crippen LogP contribution in [0, 0.1) is 13.8 Å². The quantitative estimate of drug-likeness (QED) is 0.699. The van der Waals surface area contributed by atoms with Crippen molar-refractivity contribution >= 4 is 17.6 Å². The molecule has 0 bridgehead atoms. The Kier molecular flexibility index (Phi) is 8.69. The smallest absolute Gasteiger partial charge is 0.414 e. The van der Waals surface area contributed by atoms with E-state index in [1.165, 1.54) is 22.4 Å². The van der Waals surface area contributed by atoms with Crippen molar-refractivity contribution in [3.05, 3.63) is 53.1 Å². The highest BCUT2D eigenvalue weighted by atomic mass is 16.5. The van der Waals surface area contributed by atoms with E-state index >= 15 is 0 Å². The second-order valence-electron chi connectivity index (χ2n) is 7.28. The van der Waals surface area contributed by atoms with Gasteiger partial charge in [0.2, 0.25) is 0 Å². The first-order valence-corrected chi connectivity index (χ1v) is 9.97. The molecule has 168 valence electrons. The van der Waals surface area contributed by atoms with Gasteiger partial charge in [-0.3, -0.25) is 4.90 Å². The number of nitrogens with zero attached hydrogens (tertiary/aromatic N) is 2. The van der Waals surface area contributed by atoms with E-state index in [4.69, 9.17) is 29.3 Å². The van der Waals surface area contributed by atoms with Gasteiger partial charge in [-0.1, -0.05) is 18.2 Å². The molecule has 2 aromatic carbocycles. The number of aryl methyl sites for hydroxylation is 1. The third-order valence-electron chi connectivity index (χ3n) is 5.33. The van der Waals surface area contributed by atoms with Crippen LogP contribution in [0.15, 0.2) is 36.4 Å². The number of anilines is 1. The molecular weight excluding hydrogens is 400 g/mol. The minimum atomic E-state index is -1.82. The van der Waals surface area contributed by atoms with Crippen LogP contribution < -0.4 is 14.4 Å². The lowest BCUT2D eigenvalue weighted by Gasteiger charge is -2.37. The lowest BCUT2D eigenvalue weighted by Crippen LogP contribution is -2.46. The molecule has 0 atom stereocenters. The maximum atomic E-state index is 9.10. The molecule has 1 aliphatic rings. The average molecular weight is 431 g/mol. The van der Waals surface area contributed by atoms with Crippen LogP contribution in [0.5, 0.6) is 11.5 Å². The van der Waals surface area contributed by atoms with Crippen LogP contribution in [0.2, 0.25) is 0 Å². The summed E-state index contributed by atoms with van der Waals surface area (Å²) in [7, 11) is 3.36. The first kappa shape index (κ1) is 24.0. The standard InChI is InChI=1S/C21H28N2O2.C2H2O4/c1-16-6-5-7-19(17(16)2)23-12-10-22(11-13-23)15-18-8-9-20(24-3)21(14-18)25-4;3-1(4)2(5)6/h5-9,14H,10-13,15H2,1-4H3;(H,3,4)(H,5,6). The van der Waals surface area contributed by atoms with Crippen molar-refractivity contribution in [1.29, 1.82) is 0 Å². The molecule has 0 unspecified atom stereocenters. The molecule has 0 spiro atoms. The number of carbonyl (C=O) groups is 2. The van der Waals surface area contributed by atoms with Crippen LogP contribution >= 0.6 is 0 Å². The number of piperazine rings is 1. The second-order valence-corrected chi connectivity index (χ2v) is 7.28. The van der Waals surface area contributed by atoms with Crippen LogP contribution in [-0.4, -0.2) is 67.5 Å². The molecule has 1 aliphatic heterocycles. The van der Waals surface area contributed by atoms with Gasteiger partial charge in [0.15, 0.2) is 11.5 Å². The zero-order chi connectivity index (χ0) is 23.0. The fourth-order valence-corrected chi connectivity index (χ4v) is 3.46. The summed E-state index contributed by atoms with van der Waals surface area (Å²) in [5, 5.41) is 14.8. The van der Waals surface area contributed by atoms with Gasteiger partial charge in [0.05, 0.1) is 14.2 Å². The molecule has 0 saturated carbocycles. The van der Waals surface area contributed by atoms with Gasteiger partial charge in [0.25, 0.3) is 0 Å². The summed E-state index contributed by atoms with van der Waals surface area (Å²) < 4.78 is 10.7. The molecule has 0 amide bonds. The normalized spacial score (nSPS) is 13.7. The highest BCUT2D eigenvalue weighted by molar-refractivity contribution is 6.27. The Morgan fingerprint density at radius 2 is 1.52 bits per heavy atom. The SMILES string of the molecule is COc1ccc(CN2CCN(c3cccc(C)c3C)CC2)cc1OC.O=C(O)C(=O)O. The van der Waals surface area contributed by atoms with Gasteiger partial charge in [-0.05, 0) is 48.7 Å². The fourth-order valence-electron chi connectivity index (χ4n) is 3.46. The average Bonchev–Trinajstić information content (AvgIpc) is 2.76. The van der Waals surface area contributed by atoms with Crippen molar-refractivity contribution in [2.24, 2.45) is 0 Å². The lowest BCUT2D eigenvalue weighted by atomic mass is 10.1. The Hall–Kier alpha value is -3.26. The summed E-state index contributed by atoms with van der Waals surface area (Å²) in [5.41, 5.74) is 5.41. The van der Waals surface area contributed by atoms with Gasteiger partial charge in [0.1, 0.15) is 0 Å². The van der Waals surface area contributed by atoms with E-state index in [2.05, 4.69) is 54.0 Å². The van der Waals surface area contributed by atoms with Gasteiger partial charge < -0.3 is 24.6 Å². The van der Waals surface area contributed by atoms with Crippen molar-refractivity contribution in [2.75, 3.05) is 45.3 Å². The summed E-state index contributed by atoms with van der Waals surface area (Å²) >= 11 is 0. The second kappa shape index (κ2) is 11.2. The van der Waals surface area contributed by atoms with E-state index in [-0.39, 0.29) is 0 Å². The summed E-state index contributed by atoms with van der Waals surface area (Å²) in [6.07, 6.45) is 0. The van der Waals surface area contributed by atoms with Crippen LogP contribution in [0.3, 0.4) is 0 Å².